The van der Waals surface area contributed by atoms with Gasteiger partial charge in [0.25, 0.3) is 5.91 Å². The zero-order chi connectivity index (χ0) is 21.9. The van der Waals surface area contributed by atoms with Crippen LogP contribution in [0.4, 0.5) is 5.82 Å². The fraction of sp³-hybridized carbons (Fsp3) is 0.273. The maximum atomic E-state index is 13.7. The smallest absolute Gasteiger partial charge is 0.254 e. The first-order valence-electron chi connectivity index (χ1n) is 9.96. The summed E-state index contributed by atoms with van der Waals surface area (Å²) in [6.07, 6.45) is 5.36. The lowest BCUT2D eigenvalue weighted by molar-refractivity contribution is 0.0727. The SMILES string of the molecule is Cc1cc2nc(N)c3cnn(C)c3c2cc1C(=O)N(Cc1cc(Cl)c(Br)cn1)C1CC1. The van der Waals surface area contributed by atoms with Crippen molar-refractivity contribution >= 4 is 61.1 Å². The molecule has 0 radical (unpaired) electrons. The van der Waals surface area contributed by atoms with Crippen LogP contribution in [-0.4, -0.2) is 36.6 Å². The molecule has 158 valence electrons. The minimum Gasteiger partial charge on any atom is -0.383 e. The number of rotatable bonds is 4. The molecular weight excluding hydrogens is 480 g/mol. The summed E-state index contributed by atoms with van der Waals surface area (Å²) in [7, 11) is 1.86. The van der Waals surface area contributed by atoms with Gasteiger partial charge < -0.3 is 10.6 Å². The van der Waals surface area contributed by atoms with Gasteiger partial charge in [-0.1, -0.05) is 11.6 Å². The number of carbonyl (C=O) groups is 1. The Kier molecular flexibility index (Phi) is 4.86. The van der Waals surface area contributed by atoms with E-state index in [9.17, 15) is 4.79 Å². The molecule has 1 aromatic carbocycles. The van der Waals surface area contributed by atoms with Crippen LogP contribution in [0.2, 0.25) is 5.02 Å². The third-order valence-corrected chi connectivity index (χ3v) is 6.90. The molecule has 0 unspecified atom stereocenters. The Morgan fingerprint density at radius 1 is 1.29 bits per heavy atom. The maximum absolute atomic E-state index is 13.7. The van der Waals surface area contributed by atoms with Gasteiger partial charge in [0.15, 0.2) is 0 Å². The number of nitrogens with zero attached hydrogens (tertiary/aromatic N) is 5. The lowest BCUT2D eigenvalue weighted by atomic mass is 10.0. The summed E-state index contributed by atoms with van der Waals surface area (Å²) in [5, 5.41) is 6.55. The van der Waals surface area contributed by atoms with Gasteiger partial charge in [-0.05, 0) is 59.5 Å². The second kappa shape index (κ2) is 7.46. The maximum Gasteiger partial charge on any atom is 0.254 e. The molecule has 7 nitrogen and oxygen atoms in total. The molecule has 1 aliphatic rings. The van der Waals surface area contributed by atoms with Gasteiger partial charge in [0.1, 0.15) is 5.82 Å². The topological polar surface area (TPSA) is 89.9 Å². The van der Waals surface area contributed by atoms with E-state index in [-0.39, 0.29) is 11.9 Å². The van der Waals surface area contributed by atoms with Crippen molar-refractivity contribution in [1.29, 1.82) is 0 Å². The van der Waals surface area contributed by atoms with E-state index in [0.717, 1.165) is 50.4 Å². The number of amides is 1. The molecule has 31 heavy (non-hydrogen) atoms. The van der Waals surface area contributed by atoms with E-state index < -0.39 is 0 Å². The van der Waals surface area contributed by atoms with Gasteiger partial charge in [-0.25, -0.2) is 4.98 Å². The summed E-state index contributed by atoms with van der Waals surface area (Å²) in [6.45, 7) is 2.34. The van der Waals surface area contributed by atoms with Crippen LogP contribution in [0.3, 0.4) is 0 Å². The number of pyridine rings is 2. The van der Waals surface area contributed by atoms with Crippen LogP contribution >= 0.6 is 27.5 Å². The number of halogens is 2. The van der Waals surface area contributed by atoms with Gasteiger partial charge in [-0.2, -0.15) is 5.10 Å². The molecule has 5 rings (SSSR count). The normalized spacial score (nSPS) is 13.8. The van der Waals surface area contributed by atoms with Gasteiger partial charge >= 0.3 is 0 Å². The molecule has 0 saturated heterocycles. The fourth-order valence-electron chi connectivity index (χ4n) is 3.96. The number of fused-ring (bicyclic) bond motifs is 3. The largest absolute Gasteiger partial charge is 0.383 e. The van der Waals surface area contributed by atoms with E-state index in [1.807, 2.05) is 31.0 Å². The summed E-state index contributed by atoms with van der Waals surface area (Å²) >= 11 is 9.60. The average molecular weight is 500 g/mol. The number of anilines is 1. The summed E-state index contributed by atoms with van der Waals surface area (Å²) in [5.41, 5.74) is 10.0. The Bertz CT molecular complexity index is 1360. The summed E-state index contributed by atoms with van der Waals surface area (Å²) in [6, 6.07) is 5.85. The highest BCUT2D eigenvalue weighted by Crippen LogP contribution is 2.34. The highest BCUT2D eigenvalue weighted by molar-refractivity contribution is 9.10. The highest BCUT2D eigenvalue weighted by atomic mass is 79.9. The fourth-order valence-corrected chi connectivity index (χ4v) is 4.35. The molecule has 9 heteroatoms. The molecule has 1 fully saturated rings. The Balaban J connectivity index is 1.59. The second-order valence-electron chi connectivity index (χ2n) is 7.97. The quantitative estimate of drug-likeness (QED) is 0.442. The van der Waals surface area contributed by atoms with Crippen molar-refractivity contribution in [3.8, 4) is 0 Å². The number of nitrogens with two attached hydrogens (primary N) is 1. The van der Waals surface area contributed by atoms with Gasteiger partial charge in [-0.3, -0.25) is 14.5 Å². The standard InChI is InChI=1S/C22H20BrClN6O/c1-11-5-19-15(20-16(21(25)28-19)8-27-29(20)2)7-14(11)22(31)30(13-3-4-13)10-12-6-18(24)17(23)9-26-12/h5-9,13H,3-4,10H2,1-2H3,(H2,25,28). The Labute approximate surface area is 192 Å². The van der Waals surface area contributed by atoms with E-state index in [2.05, 4.69) is 31.0 Å². The first kappa shape index (κ1) is 20.2. The first-order valence-corrected chi connectivity index (χ1v) is 11.1. The molecule has 0 bridgehead atoms. The van der Waals surface area contributed by atoms with Crippen LogP contribution in [-0.2, 0) is 13.6 Å². The van der Waals surface area contributed by atoms with Gasteiger partial charge in [0.05, 0.1) is 44.4 Å². The summed E-state index contributed by atoms with van der Waals surface area (Å²) < 4.78 is 2.51. The molecule has 1 aliphatic carbocycles. The van der Waals surface area contributed by atoms with E-state index in [1.54, 1.807) is 23.1 Å². The van der Waals surface area contributed by atoms with Gasteiger partial charge in [0, 0.05) is 30.2 Å². The lowest BCUT2D eigenvalue weighted by Gasteiger charge is -2.23. The average Bonchev–Trinajstić information content (AvgIpc) is 3.50. The zero-order valence-corrected chi connectivity index (χ0v) is 19.4. The number of carbonyl (C=O) groups excluding carboxylic acids is 1. The van der Waals surface area contributed by atoms with Crippen LogP contribution < -0.4 is 5.73 Å². The van der Waals surface area contributed by atoms with E-state index >= 15 is 0 Å². The zero-order valence-electron chi connectivity index (χ0n) is 17.1. The lowest BCUT2D eigenvalue weighted by Crippen LogP contribution is -2.33. The monoisotopic (exact) mass is 498 g/mol. The Morgan fingerprint density at radius 2 is 2.06 bits per heavy atom. The van der Waals surface area contributed by atoms with E-state index in [0.29, 0.717) is 22.9 Å². The predicted octanol–water partition coefficient (Wildman–Crippen LogP) is 4.63. The summed E-state index contributed by atoms with van der Waals surface area (Å²) in [4.78, 5) is 24.5. The number of nitrogen functional groups attached to an aromatic ring is 1. The number of hydrogen-bond acceptors (Lipinski definition) is 5. The third-order valence-electron chi connectivity index (χ3n) is 5.73. The van der Waals surface area contributed by atoms with Gasteiger partial charge in [0.2, 0.25) is 0 Å². The summed E-state index contributed by atoms with van der Waals surface area (Å²) in [5.74, 6) is 0.418. The number of aromatic nitrogens is 4. The molecule has 0 spiro atoms. The minimum absolute atomic E-state index is 0.0186. The molecule has 2 N–H and O–H groups in total. The molecule has 4 aromatic rings. The van der Waals surface area contributed by atoms with E-state index in [1.165, 1.54) is 0 Å². The van der Waals surface area contributed by atoms with Crippen molar-refractivity contribution in [2.45, 2.75) is 32.4 Å². The molecular formula is C22H20BrClN6O. The molecule has 0 aliphatic heterocycles. The molecule has 1 amide bonds. The van der Waals surface area contributed by atoms with Crippen LogP contribution in [0.5, 0.6) is 0 Å². The van der Waals surface area contributed by atoms with Crippen molar-refractivity contribution in [2.24, 2.45) is 7.05 Å². The molecule has 3 aromatic heterocycles. The van der Waals surface area contributed by atoms with Crippen molar-refractivity contribution < 1.29 is 4.79 Å². The number of aryl methyl sites for hydroxylation is 2. The van der Waals surface area contributed by atoms with Crippen molar-refractivity contribution in [2.75, 3.05) is 5.73 Å². The molecule has 0 atom stereocenters. The van der Waals surface area contributed by atoms with E-state index in [4.69, 9.17) is 17.3 Å². The van der Waals surface area contributed by atoms with Crippen LogP contribution in [0.1, 0.15) is 34.5 Å². The molecule has 1 saturated carbocycles. The molecule has 3 heterocycles. The Morgan fingerprint density at radius 3 is 2.77 bits per heavy atom. The van der Waals surface area contributed by atoms with Crippen LogP contribution in [0.25, 0.3) is 21.8 Å². The van der Waals surface area contributed by atoms with Gasteiger partial charge in [-0.15, -0.1) is 0 Å². The Hall–Kier alpha value is -2.71. The van der Waals surface area contributed by atoms with Crippen molar-refractivity contribution in [1.82, 2.24) is 24.6 Å². The third kappa shape index (κ3) is 3.53. The van der Waals surface area contributed by atoms with Crippen molar-refractivity contribution in [3.05, 3.63) is 56.9 Å². The van der Waals surface area contributed by atoms with Crippen molar-refractivity contribution in [3.63, 3.8) is 0 Å². The van der Waals surface area contributed by atoms with Crippen LogP contribution in [0.15, 0.2) is 35.1 Å². The highest BCUT2D eigenvalue weighted by Gasteiger charge is 2.34. The predicted molar refractivity (Wildman–Crippen MR) is 125 cm³/mol. The number of benzene rings is 1. The van der Waals surface area contributed by atoms with Crippen LogP contribution in [0, 0.1) is 6.92 Å². The second-order valence-corrected chi connectivity index (χ2v) is 9.23. The minimum atomic E-state index is -0.0186. The first-order chi connectivity index (χ1) is 14.8. The number of hydrogen-bond donors (Lipinski definition) is 1.